The number of hydrogen-bond acceptors (Lipinski definition) is 2. The number of rotatable bonds is 5. The lowest BCUT2D eigenvalue weighted by Gasteiger charge is -2.35. The largest absolute Gasteiger partial charge is 0.489 e. The topological polar surface area (TPSA) is 21.3 Å². The number of benzene rings is 2. The minimum absolute atomic E-state index is 0.0750. The minimum Gasteiger partial charge on any atom is -0.489 e. The van der Waals surface area contributed by atoms with Crippen LogP contribution in [0.15, 0.2) is 61.2 Å². The van der Waals surface area contributed by atoms with Gasteiger partial charge in [0.15, 0.2) is 0 Å². The van der Waals surface area contributed by atoms with Crippen molar-refractivity contribution in [2.45, 2.75) is 24.9 Å². The molecule has 1 aliphatic heterocycles. The molecule has 0 bridgehead atoms. The second kappa shape index (κ2) is 6.37. The Morgan fingerprint density at radius 3 is 2.64 bits per heavy atom. The summed E-state index contributed by atoms with van der Waals surface area (Å²) in [6.45, 7) is 5.61. The van der Waals surface area contributed by atoms with E-state index in [-0.39, 0.29) is 5.41 Å². The Morgan fingerprint density at radius 2 is 1.86 bits per heavy atom. The first kappa shape index (κ1) is 14.9. The molecule has 0 aliphatic carbocycles. The normalized spacial score (nSPS) is 19.5. The van der Waals surface area contributed by atoms with Gasteiger partial charge < -0.3 is 10.1 Å². The van der Waals surface area contributed by atoms with Crippen LogP contribution < -0.4 is 10.1 Å². The van der Waals surface area contributed by atoms with Gasteiger partial charge in [0.2, 0.25) is 0 Å². The van der Waals surface area contributed by atoms with Crippen LogP contribution in [-0.4, -0.2) is 13.6 Å². The van der Waals surface area contributed by atoms with Crippen LogP contribution in [0.4, 0.5) is 0 Å². The fraction of sp³-hybridized carbons (Fsp3) is 0.300. The van der Waals surface area contributed by atoms with E-state index in [0.29, 0.717) is 6.61 Å². The van der Waals surface area contributed by atoms with Crippen molar-refractivity contribution in [1.82, 2.24) is 5.32 Å². The van der Waals surface area contributed by atoms with Crippen LogP contribution in [-0.2, 0) is 12.0 Å². The zero-order valence-corrected chi connectivity index (χ0v) is 13.1. The third kappa shape index (κ3) is 2.44. The molecule has 2 heteroatoms. The Bertz CT molecular complexity index is 615. The summed E-state index contributed by atoms with van der Waals surface area (Å²) in [7, 11) is 2.01. The summed E-state index contributed by atoms with van der Waals surface area (Å²) in [5, 5.41) is 3.31. The Hall–Kier alpha value is -2.06. The van der Waals surface area contributed by atoms with E-state index in [1.807, 2.05) is 19.2 Å². The predicted octanol–water partition coefficient (Wildman–Crippen LogP) is 4.05. The fourth-order valence-corrected chi connectivity index (χ4v) is 3.58. The Morgan fingerprint density at radius 1 is 1.14 bits per heavy atom. The summed E-state index contributed by atoms with van der Waals surface area (Å²) in [4.78, 5) is 0. The molecule has 0 saturated heterocycles. The summed E-state index contributed by atoms with van der Waals surface area (Å²) < 4.78 is 6.10. The monoisotopic (exact) mass is 293 g/mol. The van der Waals surface area contributed by atoms with Crippen molar-refractivity contribution in [3.63, 3.8) is 0 Å². The van der Waals surface area contributed by atoms with Crippen molar-refractivity contribution in [2.75, 3.05) is 13.6 Å². The molecule has 0 fully saturated rings. The van der Waals surface area contributed by atoms with Gasteiger partial charge in [0.25, 0.3) is 0 Å². The number of fused-ring (bicyclic) bond motifs is 2. The molecule has 114 valence electrons. The maximum absolute atomic E-state index is 6.10. The van der Waals surface area contributed by atoms with E-state index in [2.05, 4.69) is 54.4 Å². The summed E-state index contributed by atoms with van der Waals surface area (Å²) in [5.41, 5.74) is 3.84. The highest BCUT2D eigenvalue weighted by Crippen LogP contribution is 2.46. The molecule has 0 aromatic heterocycles. The Labute approximate surface area is 132 Å². The predicted molar refractivity (Wildman–Crippen MR) is 91.4 cm³/mol. The van der Waals surface area contributed by atoms with E-state index in [1.165, 1.54) is 16.7 Å². The zero-order chi connectivity index (χ0) is 15.4. The van der Waals surface area contributed by atoms with Gasteiger partial charge in [-0.3, -0.25) is 0 Å². The maximum atomic E-state index is 6.10. The Balaban J connectivity index is 2.25. The van der Waals surface area contributed by atoms with Gasteiger partial charge in [0.05, 0.1) is 0 Å². The number of nitrogens with one attached hydrogen (secondary N) is 1. The van der Waals surface area contributed by atoms with Crippen LogP contribution in [0.1, 0.15) is 29.5 Å². The van der Waals surface area contributed by atoms with E-state index in [4.69, 9.17) is 4.74 Å². The molecule has 1 N–H and O–H groups in total. The van der Waals surface area contributed by atoms with Gasteiger partial charge in [0.1, 0.15) is 12.4 Å². The van der Waals surface area contributed by atoms with Gasteiger partial charge in [0, 0.05) is 11.0 Å². The molecular weight excluding hydrogens is 270 g/mol. The van der Waals surface area contributed by atoms with Crippen molar-refractivity contribution in [3.8, 4) is 5.75 Å². The molecule has 22 heavy (non-hydrogen) atoms. The van der Waals surface area contributed by atoms with Gasteiger partial charge in [-0.2, -0.15) is 0 Å². The molecule has 1 unspecified atom stereocenters. The second-order valence-corrected chi connectivity index (χ2v) is 5.87. The van der Waals surface area contributed by atoms with E-state index in [0.717, 1.165) is 25.1 Å². The first-order chi connectivity index (χ1) is 10.8. The van der Waals surface area contributed by atoms with Gasteiger partial charge in [-0.05, 0) is 43.6 Å². The molecule has 2 aromatic carbocycles. The first-order valence-corrected chi connectivity index (χ1v) is 7.88. The molecule has 3 rings (SSSR count). The van der Waals surface area contributed by atoms with Crippen molar-refractivity contribution in [1.29, 1.82) is 0 Å². The van der Waals surface area contributed by atoms with E-state index in [9.17, 15) is 0 Å². The Kier molecular flexibility index (Phi) is 4.30. The average Bonchev–Trinajstić information content (AvgIpc) is 2.70. The maximum Gasteiger partial charge on any atom is 0.123 e. The lowest BCUT2D eigenvalue weighted by Crippen LogP contribution is -2.31. The standard InChI is InChI=1S/C20H23NO/c1-3-12-20(13-14-21-2)17-9-5-4-8-16(17)15-22-19-11-7-6-10-18(19)20/h3-11,21H,1,12-15H2,2H3. The van der Waals surface area contributed by atoms with Gasteiger partial charge in [-0.25, -0.2) is 0 Å². The van der Waals surface area contributed by atoms with Crippen molar-refractivity contribution < 1.29 is 4.74 Å². The lowest BCUT2D eigenvalue weighted by atomic mass is 9.68. The SMILES string of the molecule is C=CCC1(CCNC)c2ccccc2COc2ccccc21. The lowest BCUT2D eigenvalue weighted by molar-refractivity contribution is 0.305. The van der Waals surface area contributed by atoms with E-state index < -0.39 is 0 Å². The number of ether oxygens (including phenoxy) is 1. The van der Waals surface area contributed by atoms with Gasteiger partial charge >= 0.3 is 0 Å². The van der Waals surface area contributed by atoms with Crippen molar-refractivity contribution >= 4 is 0 Å². The summed E-state index contributed by atoms with van der Waals surface area (Å²) in [5.74, 6) is 0.997. The van der Waals surface area contributed by atoms with Crippen LogP contribution in [0.2, 0.25) is 0 Å². The molecule has 1 aliphatic rings. The highest BCUT2D eigenvalue weighted by atomic mass is 16.5. The summed E-state index contributed by atoms with van der Waals surface area (Å²) in [6, 6.07) is 17.1. The smallest absolute Gasteiger partial charge is 0.123 e. The first-order valence-electron chi connectivity index (χ1n) is 7.88. The number of hydrogen-bond donors (Lipinski definition) is 1. The highest BCUT2D eigenvalue weighted by molar-refractivity contribution is 5.52. The number of allylic oxidation sites excluding steroid dienone is 1. The van der Waals surface area contributed by atoms with E-state index in [1.54, 1.807) is 0 Å². The van der Waals surface area contributed by atoms with Crippen LogP contribution >= 0.6 is 0 Å². The highest BCUT2D eigenvalue weighted by Gasteiger charge is 2.38. The van der Waals surface area contributed by atoms with Crippen LogP contribution in [0.3, 0.4) is 0 Å². The minimum atomic E-state index is -0.0750. The zero-order valence-electron chi connectivity index (χ0n) is 13.1. The molecule has 2 aromatic rings. The molecule has 1 atom stereocenters. The molecule has 0 amide bonds. The number of para-hydroxylation sites is 1. The van der Waals surface area contributed by atoms with E-state index >= 15 is 0 Å². The van der Waals surface area contributed by atoms with Gasteiger partial charge in [-0.15, -0.1) is 6.58 Å². The quantitative estimate of drug-likeness (QED) is 0.840. The second-order valence-electron chi connectivity index (χ2n) is 5.87. The summed E-state index contributed by atoms with van der Waals surface area (Å²) >= 11 is 0. The molecule has 0 radical (unpaired) electrons. The fourth-order valence-electron chi connectivity index (χ4n) is 3.58. The third-order valence-corrected chi connectivity index (χ3v) is 4.61. The molecule has 0 spiro atoms. The van der Waals surface area contributed by atoms with Crippen molar-refractivity contribution in [3.05, 3.63) is 77.9 Å². The molecule has 2 nitrogen and oxygen atoms in total. The van der Waals surface area contributed by atoms with Crippen LogP contribution in [0.5, 0.6) is 5.75 Å². The van der Waals surface area contributed by atoms with Gasteiger partial charge in [-0.1, -0.05) is 48.5 Å². The molecule has 1 heterocycles. The summed E-state index contributed by atoms with van der Waals surface area (Å²) in [6.07, 6.45) is 3.97. The van der Waals surface area contributed by atoms with Crippen LogP contribution in [0.25, 0.3) is 0 Å². The molecular formula is C20H23NO. The third-order valence-electron chi connectivity index (χ3n) is 4.61. The average molecular weight is 293 g/mol. The van der Waals surface area contributed by atoms with Crippen LogP contribution in [0, 0.1) is 0 Å². The van der Waals surface area contributed by atoms with Crippen molar-refractivity contribution in [2.24, 2.45) is 0 Å². The molecule has 0 saturated carbocycles.